The van der Waals surface area contributed by atoms with Crippen molar-refractivity contribution in [1.82, 2.24) is 4.98 Å². The van der Waals surface area contributed by atoms with Crippen molar-refractivity contribution in [1.29, 1.82) is 0 Å². The van der Waals surface area contributed by atoms with Gasteiger partial charge in [0.1, 0.15) is 5.75 Å². The van der Waals surface area contributed by atoms with Gasteiger partial charge in [-0.05, 0) is 49.7 Å². The fourth-order valence-corrected chi connectivity index (χ4v) is 3.37. The van der Waals surface area contributed by atoms with Gasteiger partial charge < -0.3 is 15.5 Å². The summed E-state index contributed by atoms with van der Waals surface area (Å²) < 4.78 is 5.50. The number of aryl methyl sites for hydroxylation is 1. The first-order valence-electron chi connectivity index (χ1n) is 7.73. The maximum absolute atomic E-state index is 6.18. The Balaban J connectivity index is 2.02. The van der Waals surface area contributed by atoms with Crippen molar-refractivity contribution in [3.8, 4) is 5.75 Å². The lowest BCUT2D eigenvalue weighted by molar-refractivity contribution is 0.405. The number of ether oxygens (including phenoxy) is 1. The van der Waals surface area contributed by atoms with E-state index >= 15 is 0 Å². The van der Waals surface area contributed by atoms with Crippen LogP contribution in [-0.2, 0) is 6.42 Å². The molecule has 1 atom stereocenters. The lowest BCUT2D eigenvalue weighted by Gasteiger charge is -2.19. The van der Waals surface area contributed by atoms with Crippen LogP contribution in [0.2, 0.25) is 5.02 Å². The maximum Gasteiger partial charge on any atom is 0.122 e. The molecule has 0 fully saturated rings. The van der Waals surface area contributed by atoms with E-state index in [-0.39, 0.29) is 5.92 Å². The van der Waals surface area contributed by atoms with Crippen molar-refractivity contribution in [2.45, 2.75) is 19.3 Å². The number of rotatable bonds is 5. The summed E-state index contributed by atoms with van der Waals surface area (Å²) in [5, 5.41) is 1.96. The van der Waals surface area contributed by atoms with Gasteiger partial charge in [-0.1, -0.05) is 29.8 Å². The number of methoxy groups -OCH3 is 1. The summed E-state index contributed by atoms with van der Waals surface area (Å²) in [5.74, 6) is 0.990. The Morgan fingerprint density at radius 1 is 1.22 bits per heavy atom. The largest absolute Gasteiger partial charge is 0.496 e. The number of benzene rings is 2. The number of halogens is 1. The Hall–Kier alpha value is -1.97. The van der Waals surface area contributed by atoms with Crippen LogP contribution >= 0.6 is 11.6 Å². The first-order valence-corrected chi connectivity index (χ1v) is 8.11. The molecule has 1 unspecified atom stereocenters. The molecule has 0 amide bonds. The first-order chi connectivity index (χ1) is 11.1. The Kier molecular flexibility index (Phi) is 4.60. The summed E-state index contributed by atoms with van der Waals surface area (Å²) in [6.07, 6.45) is 0.850. The van der Waals surface area contributed by atoms with E-state index in [4.69, 9.17) is 22.1 Å². The average molecular weight is 329 g/mol. The van der Waals surface area contributed by atoms with Crippen LogP contribution in [0.5, 0.6) is 5.75 Å². The molecular formula is C19H21ClN2O. The monoisotopic (exact) mass is 328 g/mol. The van der Waals surface area contributed by atoms with Crippen molar-refractivity contribution in [2.75, 3.05) is 13.7 Å². The minimum Gasteiger partial charge on any atom is -0.496 e. The highest BCUT2D eigenvalue weighted by Gasteiger charge is 2.19. The molecule has 1 aromatic heterocycles. The zero-order valence-corrected chi connectivity index (χ0v) is 14.2. The predicted octanol–water partition coefficient (Wildman–Crippen LogP) is 4.42. The van der Waals surface area contributed by atoms with Crippen molar-refractivity contribution in [3.63, 3.8) is 0 Å². The normalized spacial score (nSPS) is 12.5. The summed E-state index contributed by atoms with van der Waals surface area (Å²) in [6.45, 7) is 2.65. The number of aromatic amines is 1. The molecule has 0 saturated carbocycles. The molecule has 0 aliphatic carbocycles. The van der Waals surface area contributed by atoms with Crippen LogP contribution in [-0.4, -0.2) is 18.6 Å². The number of H-pyrrole nitrogens is 1. The first kappa shape index (κ1) is 15.9. The van der Waals surface area contributed by atoms with Crippen LogP contribution in [0.3, 0.4) is 0 Å². The third-order valence-electron chi connectivity index (χ3n) is 4.39. The topological polar surface area (TPSA) is 51.0 Å². The molecule has 1 heterocycles. The second-order valence-corrected chi connectivity index (χ2v) is 6.23. The highest BCUT2D eigenvalue weighted by molar-refractivity contribution is 6.30. The summed E-state index contributed by atoms with van der Waals surface area (Å²) in [5.41, 5.74) is 10.8. The fourth-order valence-electron chi connectivity index (χ4n) is 3.19. The van der Waals surface area contributed by atoms with Crippen molar-refractivity contribution < 1.29 is 4.74 Å². The third kappa shape index (κ3) is 3.07. The van der Waals surface area contributed by atoms with E-state index in [2.05, 4.69) is 30.1 Å². The lowest BCUT2D eigenvalue weighted by atomic mass is 9.90. The zero-order valence-electron chi connectivity index (χ0n) is 13.4. The second-order valence-electron chi connectivity index (χ2n) is 5.80. The molecule has 0 spiro atoms. The van der Waals surface area contributed by atoms with Crippen LogP contribution < -0.4 is 10.5 Å². The summed E-state index contributed by atoms with van der Waals surface area (Å²) >= 11 is 6.18. The molecule has 0 saturated heterocycles. The van der Waals surface area contributed by atoms with E-state index in [0.29, 0.717) is 11.6 Å². The number of nitrogens with two attached hydrogens (primary N) is 1. The van der Waals surface area contributed by atoms with Gasteiger partial charge >= 0.3 is 0 Å². The molecule has 23 heavy (non-hydrogen) atoms. The molecule has 0 radical (unpaired) electrons. The summed E-state index contributed by atoms with van der Waals surface area (Å²) in [4.78, 5) is 3.45. The molecule has 3 aromatic rings. The van der Waals surface area contributed by atoms with Crippen LogP contribution in [0.4, 0.5) is 0 Å². The van der Waals surface area contributed by atoms with Gasteiger partial charge in [-0.2, -0.15) is 0 Å². The highest BCUT2D eigenvalue weighted by Crippen LogP contribution is 2.34. The van der Waals surface area contributed by atoms with Crippen LogP contribution in [0, 0.1) is 6.92 Å². The Bertz CT molecular complexity index is 825. The minimum atomic E-state index is 0.154. The van der Waals surface area contributed by atoms with Gasteiger partial charge in [-0.25, -0.2) is 0 Å². The number of hydrogen-bond acceptors (Lipinski definition) is 2. The average Bonchev–Trinajstić information content (AvgIpc) is 2.88. The number of hydrogen-bond donors (Lipinski definition) is 2. The molecule has 3 nitrogen and oxygen atoms in total. The Morgan fingerprint density at radius 2 is 2.00 bits per heavy atom. The standard InChI is InChI=1S/C19H21ClN2O/c1-12-16(15-5-3-4-6-18(15)22-12)9-13(11-21)17-10-14(20)7-8-19(17)23-2/h3-8,10,13,22H,9,11,21H2,1-2H3. The number of fused-ring (bicyclic) bond motifs is 1. The molecule has 3 N–H and O–H groups in total. The van der Waals surface area contributed by atoms with Crippen LogP contribution in [0.25, 0.3) is 10.9 Å². The molecule has 120 valence electrons. The quantitative estimate of drug-likeness (QED) is 0.728. The second kappa shape index (κ2) is 6.65. The SMILES string of the molecule is COc1ccc(Cl)cc1C(CN)Cc1c(C)[nH]c2ccccc12. The van der Waals surface area contributed by atoms with Crippen LogP contribution in [0.15, 0.2) is 42.5 Å². The van der Waals surface area contributed by atoms with E-state index in [9.17, 15) is 0 Å². The van der Waals surface area contributed by atoms with E-state index in [0.717, 1.165) is 23.3 Å². The number of nitrogens with one attached hydrogen (secondary N) is 1. The van der Waals surface area contributed by atoms with E-state index in [1.54, 1.807) is 7.11 Å². The minimum absolute atomic E-state index is 0.154. The van der Waals surface area contributed by atoms with Crippen LogP contribution in [0.1, 0.15) is 22.7 Å². The molecule has 2 aromatic carbocycles. The summed E-state index contributed by atoms with van der Waals surface area (Å²) in [6, 6.07) is 14.1. The number of aromatic nitrogens is 1. The highest BCUT2D eigenvalue weighted by atomic mass is 35.5. The van der Waals surface area contributed by atoms with Gasteiger partial charge in [0.2, 0.25) is 0 Å². The number of para-hydroxylation sites is 1. The Labute approximate surface area is 141 Å². The van der Waals surface area contributed by atoms with Gasteiger partial charge in [0, 0.05) is 33.1 Å². The fraction of sp³-hybridized carbons (Fsp3) is 0.263. The van der Waals surface area contributed by atoms with Gasteiger partial charge in [0.15, 0.2) is 0 Å². The van der Waals surface area contributed by atoms with E-state index < -0.39 is 0 Å². The molecule has 0 aliphatic heterocycles. The molecule has 4 heteroatoms. The summed E-state index contributed by atoms with van der Waals surface area (Å²) in [7, 11) is 1.68. The van der Waals surface area contributed by atoms with Crippen molar-refractivity contribution >= 4 is 22.5 Å². The lowest BCUT2D eigenvalue weighted by Crippen LogP contribution is -2.16. The molecular weight excluding hydrogens is 308 g/mol. The van der Waals surface area contributed by atoms with Gasteiger partial charge in [-0.3, -0.25) is 0 Å². The van der Waals surface area contributed by atoms with Crippen molar-refractivity contribution in [2.24, 2.45) is 5.73 Å². The van der Waals surface area contributed by atoms with E-state index in [1.807, 2.05) is 24.3 Å². The smallest absolute Gasteiger partial charge is 0.122 e. The third-order valence-corrected chi connectivity index (χ3v) is 4.63. The molecule has 3 rings (SSSR count). The molecule has 0 bridgehead atoms. The van der Waals surface area contributed by atoms with Crippen molar-refractivity contribution in [3.05, 3.63) is 64.3 Å². The van der Waals surface area contributed by atoms with E-state index in [1.165, 1.54) is 16.6 Å². The van der Waals surface area contributed by atoms with Gasteiger partial charge in [-0.15, -0.1) is 0 Å². The van der Waals surface area contributed by atoms with Gasteiger partial charge in [0.05, 0.1) is 7.11 Å². The zero-order chi connectivity index (χ0) is 16.4. The molecule has 0 aliphatic rings. The van der Waals surface area contributed by atoms with Gasteiger partial charge in [0.25, 0.3) is 0 Å². The predicted molar refractivity (Wildman–Crippen MR) is 96.5 cm³/mol. The Morgan fingerprint density at radius 3 is 2.74 bits per heavy atom. The maximum atomic E-state index is 6.18.